The molecule has 3 aromatic carbocycles. The topological polar surface area (TPSA) is 121 Å². The molecule has 1 heterocycles. The van der Waals surface area contributed by atoms with Crippen molar-refractivity contribution in [1.82, 2.24) is 14.6 Å². The van der Waals surface area contributed by atoms with Gasteiger partial charge in [0.25, 0.3) is 0 Å². The third-order valence-electron chi connectivity index (χ3n) is 5.51. The quantitative estimate of drug-likeness (QED) is 0.203. The number of hydrogen-bond acceptors (Lipinski definition) is 7. The highest BCUT2D eigenvalue weighted by Gasteiger charge is 2.25. The fourth-order valence-corrected chi connectivity index (χ4v) is 5.99. The third kappa shape index (κ3) is 6.46. The van der Waals surface area contributed by atoms with Crippen molar-refractivity contribution >= 4 is 37.4 Å². The van der Waals surface area contributed by atoms with E-state index in [1.54, 1.807) is 42.5 Å². The number of aromatic nitrogens is 1. The molecule has 1 unspecified atom stereocenters. The molecule has 0 saturated carbocycles. The highest BCUT2D eigenvalue weighted by molar-refractivity contribution is 7.89. The summed E-state index contributed by atoms with van der Waals surface area (Å²) in [6.45, 7) is 1.37. The zero-order chi connectivity index (χ0) is 25.7. The second-order valence-electron chi connectivity index (χ2n) is 8.64. The number of nitrogens with one attached hydrogen (secondary N) is 2. The molecule has 0 spiro atoms. The molecule has 0 radical (unpaired) electrons. The van der Waals surface area contributed by atoms with Gasteiger partial charge in [-0.25, -0.2) is 18.1 Å². The van der Waals surface area contributed by atoms with Gasteiger partial charge in [-0.2, -0.15) is 0 Å². The fourth-order valence-electron chi connectivity index (χ4n) is 3.64. The van der Waals surface area contributed by atoms with E-state index in [2.05, 4.69) is 4.72 Å². The second-order valence-corrected chi connectivity index (χ2v) is 11.4. The molecule has 4 N–H and O–H groups in total. The van der Waals surface area contributed by atoms with E-state index in [-0.39, 0.29) is 10.7 Å². The first-order valence-electron chi connectivity index (χ1n) is 11.4. The van der Waals surface area contributed by atoms with Crippen molar-refractivity contribution in [2.24, 2.45) is 5.73 Å². The maximum absolute atomic E-state index is 13.2. The number of likely N-dealkylation sites (N-methyl/N-ethyl adjacent to an activating group) is 1. The smallest absolute Gasteiger partial charge is 0.241 e. The van der Waals surface area contributed by atoms with Gasteiger partial charge >= 0.3 is 0 Å². The standard InChI is InChI=1S/C26H29N5O3S2/c1-31(2)13-14-34-20-11-12-22-24(17-20)35-26(29-22)23(16-18-7-6-8-19(15-18)25(27)28)30-36(32,33)21-9-4-3-5-10-21/h3-12,15,17,23,30H,13-14,16H2,1-2H3,(H3,27,28). The first-order chi connectivity index (χ1) is 17.2. The molecule has 4 rings (SSSR count). The first kappa shape index (κ1) is 25.8. The van der Waals surface area contributed by atoms with Gasteiger partial charge in [0.15, 0.2) is 0 Å². The van der Waals surface area contributed by atoms with Gasteiger partial charge in [-0.1, -0.05) is 36.4 Å². The minimum absolute atomic E-state index is 0.0416. The number of nitrogens with zero attached hydrogens (tertiary/aromatic N) is 2. The van der Waals surface area contributed by atoms with Gasteiger partial charge in [-0.3, -0.25) is 5.41 Å². The average molecular weight is 524 g/mol. The lowest BCUT2D eigenvalue weighted by Crippen LogP contribution is -2.30. The lowest BCUT2D eigenvalue weighted by Gasteiger charge is -2.17. The number of thiazole rings is 1. The van der Waals surface area contributed by atoms with Gasteiger partial charge in [0, 0.05) is 12.1 Å². The number of nitrogen functional groups attached to an aromatic ring is 1. The van der Waals surface area contributed by atoms with Gasteiger partial charge < -0.3 is 15.4 Å². The Kier molecular flexibility index (Phi) is 8.00. The number of rotatable bonds is 11. The Morgan fingerprint density at radius 3 is 2.61 bits per heavy atom. The number of sulfonamides is 1. The maximum atomic E-state index is 13.2. The maximum Gasteiger partial charge on any atom is 0.241 e. The summed E-state index contributed by atoms with van der Waals surface area (Å²) in [6.07, 6.45) is 0.346. The summed E-state index contributed by atoms with van der Waals surface area (Å²) in [4.78, 5) is 6.99. The molecule has 8 nitrogen and oxygen atoms in total. The number of hydrogen-bond donors (Lipinski definition) is 3. The molecule has 0 saturated heterocycles. The Labute approximate surface area is 215 Å². The van der Waals surface area contributed by atoms with Crippen LogP contribution in [0.15, 0.2) is 77.7 Å². The van der Waals surface area contributed by atoms with Crippen LogP contribution in [0, 0.1) is 5.41 Å². The van der Waals surface area contributed by atoms with Gasteiger partial charge in [0.2, 0.25) is 10.0 Å². The molecule has 0 aliphatic carbocycles. The summed E-state index contributed by atoms with van der Waals surface area (Å²) in [5, 5.41) is 8.38. The zero-order valence-corrected chi connectivity index (χ0v) is 21.8. The Morgan fingerprint density at radius 1 is 1.11 bits per heavy atom. The molecule has 0 aliphatic heterocycles. The van der Waals surface area contributed by atoms with Crippen molar-refractivity contribution < 1.29 is 13.2 Å². The minimum atomic E-state index is -3.80. The lowest BCUT2D eigenvalue weighted by molar-refractivity contribution is 0.261. The number of ether oxygens (including phenoxy) is 1. The predicted molar refractivity (Wildman–Crippen MR) is 144 cm³/mol. The molecule has 1 aromatic heterocycles. The van der Waals surface area contributed by atoms with Crippen LogP contribution in [-0.4, -0.2) is 51.4 Å². The highest BCUT2D eigenvalue weighted by atomic mass is 32.2. The van der Waals surface area contributed by atoms with Crippen molar-refractivity contribution in [3.63, 3.8) is 0 Å². The van der Waals surface area contributed by atoms with Crippen LogP contribution in [0.2, 0.25) is 0 Å². The van der Waals surface area contributed by atoms with E-state index in [4.69, 9.17) is 20.9 Å². The summed E-state index contributed by atoms with van der Waals surface area (Å²) in [7, 11) is 0.182. The molecule has 0 bridgehead atoms. The van der Waals surface area contributed by atoms with Crippen molar-refractivity contribution in [2.45, 2.75) is 17.4 Å². The van der Waals surface area contributed by atoms with Crippen molar-refractivity contribution in [2.75, 3.05) is 27.2 Å². The molecule has 0 amide bonds. The van der Waals surface area contributed by atoms with E-state index < -0.39 is 16.1 Å². The molecular weight excluding hydrogens is 494 g/mol. The van der Waals surface area contributed by atoms with Crippen LogP contribution in [0.3, 0.4) is 0 Å². The second kappa shape index (κ2) is 11.2. The van der Waals surface area contributed by atoms with Crippen molar-refractivity contribution in [1.29, 1.82) is 5.41 Å². The molecule has 0 fully saturated rings. The normalized spacial score (nSPS) is 12.6. The summed E-state index contributed by atoms with van der Waals surface area (Å²) >= 11 is 1.43. The summed E-state index contributed by atoms with van der Waals surface area (Å²) in [5.74, 6) is 0.704. The van der Waals surface area contributed by atoms with Gasteiger partial charge in [-0.05, 0) is 62.5 Å². The van der Waals surface area contributed by atoms with Gasteiger partial charge in [0.1, 0.15) is 23.2 Å². The average Bonchev–Trinajstić information content (AvgIpc) is 3.28. The Morgan fingerprint density at radius 2 is 1.89 bits per heavy atom. The number of amidine groups is 1. The molecule has 36 heavy (non-hydrogen) atoms. The van der Waals surface area contributed by atoms with E-state index >= 15 is 0 Å². The van der Waals surface area contributed by atoms with Crippen molar-refractivity contribution in [3.8, 4) is 5.75 Å². The van der Waals surface area contributed by atoms with Crippen molar-refractivity contribution in [3.05, 3.63) is 88.9 Å². The van der Waals surface area contributed by atoms with Gasteiger partial charge in [0.05, 0.1) is 21.2 Å². The molecule has 1 atom stereocenters. The van der Waals surface area contributed by atoms with Crippen LogP contribution in [-0.2, 0) is 16.4 Å². The number of fused-ring (bicyclic) bond motifs is 1. The predicted octanol–water partition coefficient (Wildman–Crippen LogP) is 3.78. The van der Waals surface area contributed by atoms with Crippen LogP contribution in [0.4, 0.5) is 0 Å². The number of benzene rings is 3. The van der Waals surface area contributed by atoms with E-state index in [1.807, 2.05) is 49.3 Å². The fraction of sp³-hybridized carbons (Fsp3) is 0.231. The monoisotopic (exact) mass is 523 g/mol. The van der Waals surface area contributed by atoms with E-state index in [0.717, 1.165) is 28.1 Å². The zero-order valence-electron chi connectivity index (χ0n) is 20.1. The Bertz CT molecular complexity index is 1450. The van der Waals surface area contributed by atoms with Crippen LogP contribution >= 0.6 is 11.3 Å². The Hall–Kier alpha value is -3.31. The summed E-state index contributed by atoms with van der Waals surface area (Å²) < 4.78 is 36.0. The van der Waals surface area contributed by atoms with E-state index in [1.165, 1.54) is 11.3 Å². The molecule has 4 aromatic rings. The SMILES string of the molecule is CN(C)CCOc1ccc2nc(C(Cc3cccc(C(=N)N)c3)NS(=O)(=O)c3ccccc3)sc2c1. The van der Waals surface area contributed by atoms with Crippen LogP contribution in [0.5, 0.6) is 5.75 Å². The Balaban J connectivity index is 1.66. The van der Waals surface area contributed by atoms with Crippen LogP contribution < -0.4 is 15.2 Å². The molecular formula is C26H29N5O3S2. The van der Waals surface area contributed by atoms with E-state index in [9.17, 15) is 8.42 Å². The first-order valence-corrected chi connectivity index (χ1v) is 13.7. The minimum Gasteiger partial charge on any atom is -0.492 e. The third-order valence-corrected chi connectivity index (χ3v) is 8.13. The van der Waals surface area contributed by atoms with Crippen LogP contribution in [0.1, 0.15) is 22.2 Å². The van der Waals surface area contributed by atoms with Gasteiger partial charge in [-0.15, -0.1) is 11.3 Å². The number of nitrogens with two attached hydrogens (primary N) is 1. The highest BCUT2D eigenvalue weighted by Crippen LogP contribution is 2.32. The van der Waals surface area contributed by atoms with E-state index in [0.29, 0.717) is 23.6 Å². The lowest BCUT2D eigenvalue weighted by atomic mass is 10.0. The summed E-state index contributed by atoms with van der Waals surface area (Å²) in [6, 6.07) is 20.6. The largest absolute Gasteiger partial charge is 0.492 e. The van der Waals surface area contributed by atoms with Crippen LogP contribution in [0.25, 0.3) is 10.2 Å². The summed E-state index contributed by atoms with van der Waals surface area (Å²) in [5.41, 5.74) is 7.87. The molecule has 0 aliphatic rings. The molecule has 188 valence electrons. The molecule has 10 heteroatoms.